The summed E-state index contributed by atoms with van der Waals surface area (Å²) in [7, 11) is 1.45. The lowest BCUT2D eigenvalue weighted by Crippen LogP contribution is -2.51. The molecule has 0 saturated carbocycles. The van der Waals surface area contributed by atoms with Gasteiger partial charge in [0, 0.05) is 44.8 Å². The predicted octanol–water partition coefficient (Wildman–Crippen LogP) is 3.42. The molecule has 0 aliphatic carbocycles. The second-order valence-corrected chi connectivity index (χ2v) is 10.6. The summed E-state index contributed by atoms with van der Waals surface area (Å²) < 4.78 is 0. The maximum Gasteiger partial charge on any atom is 0.341 e. The Bertz CT molecular complexity index is 1110. The summed E-state index contributed by atoms with van der Waals surface area (Å²) in [6.45, 7) is 12.5. The molecule has 4 amide bonds. The molecule has 39 heavy (non-hydrogen) atoms. The van der Waals surface area contributed by atoms with E-state index in [0.717, 1.165) is 37.9 Å². The molecule has 10 nitrogen and oxygen atoms in total. The molecule has 3 rings (SSSR count). The van der Waals surface area contributed by atoms with Gasteiger partial charge in [0.1, 0.15) is 5.69 Å². The molecule has 2 aromatic heterocycles. The van der Waals surface area contributed by atoms with Gasteiger partial charge in [0.05, 0.1) is 18.4 Å². The minimum absolute atomic E-state index is 0.128. The summed E-state index contributed by atoms with van der Waals surface area (Å²) in [4.78, 5) is 51.3. The number of aromatic nitrogens is 1. The molecule has 11 heteroatoms. The van der Waals surface area contributed by atoms with Crippen LogP contribution in [0.25, 0.3) is 0 Å². The quantitative estimate of drug-likeness (QED) is 0.273. The molecule has 1 atom stereocenters. The predicted molar refractivity (Wildman–Crippen MR) is 153 cm³/mol. The lowest BCUT2D eigenvalue weighted by molar-refractivity contribution is 0.0565. The monoisotopic (exact) mass is 556 g/mol. The Kier molecular flexibility index (Phi) is 11.5. The fourth-order valence-corrected chi connectivity index (χ4v) is 5.60. The Hall–Kier alpha value is -3.28. The summed E-state index contributed by atoms with van der Waals surface area (Å²) in [6, 6.07) is 3.87. The maximum atomic E-state index is 12.9. The van der Waals surface area contributed by atoms with E-state index in [4.69, 9.17) is 4.84 Å². The second kappa shape index (κ2) is 14.8. The minimum atomic E-state index is -0.292. The van der Waals surface area contributed by atoms with Gasteiger partial charge in [-0.2, -0.15) is 11.3 Å². The molecule has 0 aromatic carbocycles. The molecule has 1 aliphatic rings. The van der Waals surface area contributed by atoms with Gasteiger partial charge >= 0.3 is 6.03 Å². The highest BCUT2D eigenvalue weighted by Gasteiger charge is 2.30. The third-order valence-corrected chi connectivity index (χ3v) is 7.79. The molecule has 2 aromatic rings. The Morgan fingerprint density at radius 3 is 2.62 bits per heavy atom. The number of hydroxylamine groups is 1. The largest absolute Gasteiger partial charge is 0.352 e. The number of carbonyl (C=O) groups is 3. The molecule has 1 aliphatic heterocycles. The van der Waals surface area contributed by atoms with Crippen LogP contribution in [0.4, 0.5) is 4.79 Å². The lowest BCUT2D eigenvalue weighted by atomic mass is 10.0. The van der Waals surface area contributed by atoms with Crippen molar-refractivity contribution in [3.05, 3.63) is 63.6 Å². The summed E-state index contributed by atoms with van der Waals surface area (Å²) >= 11 is 1.62. The van der Waals surface area contributed by atoms with Gasteiger partial charge in [-0.15, -0.1) is 6.58 Å². The number of likely N-dealkylation sites (tertiary alicyclic amines) is 1. The first-order chi connectivity index (χ1) is 18.7. The summed E-state index contributed by atoms with van der Waals surface area (Å²) in [5.74, 6) is -0.478. The van der Waals surface area contributed by atoms with Gasteiger partial charge in [0.25, 0.3) is 11.8 Å². The number of nitrogens with zero attached hydrogens (tertiary/aromatic N) is 3. The molecule has 3 heterocycles. The number of aryl methyl sites for hydroxylation is 2. The third kappa shape index (κ3) is 8.35. The fourth-order valence-electron chi connectivity index (χ4n) is 4.94. The highest BCUT2D eigenvalue weighted by atomic mass is 32.1. The summed E-state index contributed by atoms with van der Waals surface area (Å²) in [5.41, 5.74) is 5.61. The van der Waals surface area contributed by atoms with Gasteiger partial charge in [0.15, 0.2) is 0 Å². The number of pyridine rings is 1. The first-order valence-electron chi connectivity index (χ1n) is 13.2. The number of nitrogens with one attached hydrogen (secondary N) is 3. The van der Waals surface area contributed by atoms with Crippen molar-refractivity contribution in [1.29, 1.82) is 0 Å². The zero-order valence-electron chi connectivity index (χ0n) is 23.3. The van der Waals surface area contributed by atoms with Crippen molar-refractivity contribution >= 4 is 29.2 Å². The van der Waals surface area contributed by atoms with Crippen molar-refractivity contribution in [1.82, 2.24) is 30.9 Å². The van der Waals surface area contributed by atoms with Gasteiger partial charge < -0.3 is 20.4 Å². The van der Waals surface area contributed by atoms with Crippen LogP contribution in [0.5, 0.6) is 0 Å². The van der Waals surface area contributed by atoms with Gasteiger partial charge in [0.2, 0.25) is 0 Å². The van der Waals surface area contributed by atoms with Crippen LogP contribution in [0.2, 0.25) is 0 Å². The number of hydrogen-bond acceptors (Lipinski definition) is 7. The average molecular weight is 557 g/mol. The zero-order valence-corrected chi connectivity index (χ0v) is 24.1. The van der Waals surface area contributed by atoms with Gasteiger partial charge in [-0.3, -0.25) is 14.4 Å². The summed E-state index contributed by atoms with van der Waals surface area (Å²) in [6.07, 6.45) is 4.14. The molecular formula is C28H40N6O4S. The molecule has 0 bridgehead atoms. The number of piperidine rings is 1. The van der Waals surface area contributed by atoms with Crippen LogP contribution in [0.15, 0.2) is 35.5 Å². The molecular weight excluding hydrogens is 516 g/mol. The molecule has 0 spiro atoms. The number of carbonyl (C=O) groups excluding carboxylic acids is 3. The first kappa shape index (κ1) is 30.3. The van der Waals surface area contributed by atoms with Crippen LogP contribution in [0, 0.1) is 13.8 Å². The highest BCUT2D eigenvalue weighted by Crippen LogP contribution is 2.22. The van der Waals surface area contributed by atoms with Crippen molar-refractivity contribution < 1.29 is 19.2 Å². The number of amides is 4. The lowest BCUT2D eigenvalue weighted by Gasteiger charge is -2.40. The molecule has 3 N–H and O–H groups in total. The van der Waals surface area contributed by atoms with E-state index >= 15 is 0 Å². The van der Waals surface area contributed by atoms with E-state index in [1.165, 1.54) is 7.11 Å². The second-order valence-electron chi connectivity index (χ2n) is 9.82. The van der Waals surface area contributed by atoms with Gasteiger partial charge in [-0.05, 0) is 74.1 Å². The topological polar surface area (TPSA) is 116 Å². The van der Waals surface area contributed by atoms with Crippen molar-refractivity contribution in [2.24, 2.45) is 0 Å². The average Bonchev–Trinajstić information content (AvgIpc) is 3.43. The molecule has 1 fully saturated rings. The van der Waals surface area contributed by atoms with E-state index in [1.807, 2.05) is 23.3 Å². The number of rotatable bonds is 12. The van der Waals surface area contributed by atoms with Crippen LogP contribution in [0.3, 0.4) is 0 Å². The molecule has 212 valence electrons. The Morgan fingerprint density at radius 2 is 2.00 bits per heavy atom. The number of thiophene rings is 1. The van der Waals surface area contributed by atoms with Crippen molar-refractivity contribution in [2.75, 3.05) is 33.3 Å². The van der Waals surface area contributed by atoms with Gasteiger partial charge in [-0.25, -0.2) is 15.3 Å². The molecule has 0 radical (unpaired) electrons. The Morgan fingerprint density at radius 1 is 1.26 bits per heavy atom. The van der Waals surface area contributed by atoms with E-state index in [1.54, 1.807) is 30.4 Å². The highest BCUT2D eigenvalue weighted by molar-refractivity contribution is 7.07. The Labute approximate surface area is 234 Å². The van der Waals surface area contributed by atoms with Crippen LogP contribution in [-0.4, -0.2) is 78.0 Å². The van der Waals surface area contributed by atoms with Gasteiger partial charge in [-0.1, -0.05) is 6.08 Å². The Balaban J connectivity index is 1.49. The van der Waals surface area contributed by atoms with Crippen molar-refractivity contribution in [2.45, 2.75) is 58.7 Å². The minimum Gasteiger partial charge on any atom is -0.352 e. The normalized spacial score (nSPS) is 14.9. The number of hydrogen-bond donors (Lipinski definition) is 3. The fraction of sp³-hybridized carbons (Fsp3) is 0.500. The zero-order chi connectivity index (χ0) is 28.4. The van der Waals surface area contributed by atoms with Crippen LogP contribution < -0.4 is 16.1 Å². The van der Waals surface area contributed by atoms with E-state index in [0.29, 0.717) is 36.5 Å². The first-order valence-corrected chi connectivity index (χ1v) is 14.2. The van der Waals surface area contributed by atoms with Crippen molar-refractivity contribution in [3.8, 4) is 0 Å². The standard InChI is InChI=1S/C28H40N6O4S/c1-6-11-29-26(35)24-16-19(2)25(21(4)31-24)27(36)30-12-7-20(3)33-13-8-23(9-14-33)34(28(37)32-38-5)17-22-10-15-39-18-22/h6,10,15-16,18,20,23H,1,7-9,11-14,17H2,2-5H3,(H,29,35)(H,30,36)(H,32,37)/t20-/m1/s1. The SMILES string of the molecule is C=CCNC(=O)c1cc(C)c(C(=O)NCC[C@@H](C)N2CCC(N(Cc3ccsc3)C(=O)NOC)CC2)c(C)n1. The summed E-state index contributed by atoms with van der Waals surface area (Å²) in [5, 5.41) is 9.81. The molecule has 1 saturated heterocycles. The number of urea groups is 1. The van der Waals surface area contributed by atoms with E-state index < -0.39 is 0 Å². The smallest absolute Gasteiger partial charge is 0.341 e. The van der Waals surface area contributed by atoms with E-state index in [9.17, 15) is 14.4 Å². The van der Waals surface area contributed by atoms with E-state index in [-0.39, 0.29) is 35.6 Å². The van der Waals surface area contributed by atoms with E-state index in [2.05, 4.69) is 44.9 Å². The van der Waals surface area contributed by atoms with Crippen LogP contribution >= 0.6 is 11.3 Å². The maximum absolute atomic E-state index is 12.9. The molecule has 0 unspecified atom stereocenters. The van der Waals surface area contributed by atoms with Crippen LogP contribution in [0.1, 0.15) is 63.9 Å². The van der Waals surface area contributed by atoms with Crippen molar-refractivity contribution in [3.63, 3.8) is 0 Å². The third-order valence-electron chi connectivity index (χ3n) is 7.06. The van der Waals surface area contributed by atoms with Crippen LogP contribution in [-0.2, 0) is 11.4 Å².